The lowest BCUT2D eigenvalue weighted by Crippen LogP contribution is -2.45. The SMILES string of the molecule is CC1CN(C(=O)Oc2ccc3c(c2)CCC2C3CCC3(C)C(=N)CCC23)CCO1. The highest BCUT2D eigenvalue weighted by atomic mass is 16.6. The second kappa shape index (κ2) is 7.12. The van der Waals surface area contributed by atoms with Gasteiger partial charge in [-0.3, -0.25) is 0 Å². The number of carbonyl (C=O) groups excluding carboxylic acids is 1. The fourth-order valence-corrected chi connectivity index (χ4v) is 6.58. The lowest BCUT2D eigenvalue weighted by molar-refractivity contribution is -0.0105. The van der Waals surface area contributed by atoms with Gasteiger partial charge < -0.3 is 19.8 Å². The van der Waals surface area contributed by atoms with Crippen LogP contribution < -0.4 is 4.74 Å². The van der Waals surface area contributed by atoms with Crippen LogP contribution in [0.25, 0.3) is 0 Å². The zero-order chi connectivity index (χ0) is 20.2. The second-order valence-corrected chi connectivity index (χ2v) is 9.74. The Morgan fingerprint density at radius 3 is 2.97 bits per heavy atom. The van der Waals surface area contributed by atoms with Crippen LogP contribution in [-0.4, -0.2) is 42.5 Å². The number of fused-ring (bicyclic) bond motifs is 5. The second-order valence-electron chi connectivity index (χ2n) is 9.74. The summed E-state index contributed by atoms with van der Waals surface area (Å²) >= 11 is 0. The van der Waals surface area contributed by atoms with Crippen molar-refractivity contribution in [2.75, 3.05) is 19.7 Å². The molecule has 4 aliphatic rings. The van der Waals surface area contributed by atoms with E-state index < -0.39 is 0 Å². The summed E-state index contributed by atoms with van der Waals surface area (Å²) in [6.45, 7) is 6.07. The first-order valence-corrected chi connectivity index (χ1v) is 11.2. The summed E-state index contributed by atoms with van der Waals surface area (Å²) in [6.07, 6.45) is 6.55. The van der Waals surface area contributed by atoms with Crippen molar-refractivity contribution in [3.63, 3.8) is 0 Å². The van der Waals surface area contributed by atoms with E-state index >= 15 is 0 Å². The summed E-state index contributed by atoms with van der Waals surface area (Å²) < 4.78 is 11.2. The van der Waals surface area contributed by atoms with Crippen molar-refractivity contribution >= 4 is 11.8 Å². The highest BCUT2D eigenvalue weighted by Crippen LogP contribution is 2.59. The Balaban J connectivity index is 1.32. The van der Waals surface area contributed by atoms with Crippen LogP contribution in [0, 0.1) is 22.7 Å². The molecular weight excluding hydrogens is 364 g/mol. The Morgan fingerprint density at radius 2 is 2.14 bits per heavy atom. The number of ether oxygens (including phenoxy) is 2. The summed E-state index contributed by atoms with van der Waals surface area (Å²) in [5, 5.41) is 8.45. The van der Waals surface area contributed by atoms with E-state index in [9.17, 15) is 4.79 Å². The molecule has 0 spiro atoms. The van der Waals surface area contributed by atoms with E-state index in [2.05, 4.69) is 19.1 Å². The molecule has 1 heterocycles. The van der Waals surface area contributed by atoms with Gasteiger partial charge in [0, 0.05) is 17.7 Å². The molecule has 0 aromatic heterocycles. The third-order valence-corrected chi connectivity index (χ3v) is 8.19. The molecule has 1 amide bonds. The first kappa shape index (κ1) is 19.1. The summed E-state index contributed by atoms with van der Waals surface area (Å²) in [5.41, 5.74) is 3.94. The van der Waals surface area contributed by atoms with Gasteiger partial charge in [-0.15, -0.1) is 0 Å². The summed E-state index contributed by atoms with van der Waals surface area (Å²) in [4.78, 5) is 14.3. The lowest BCUT2D eigenvalue weighted by atomic mass is 9.55. The van der Waals surface area contributed by atoms with Gasteiger partial charge in [-0.1, -0.05) is 13.0 Å². The third-order valence-electron chi connectivity index (χ3n) is 8.19. The molecular formula is C24H32N2O3. The highest BCUT2D eigenvalue weighted by molar-refractivity contribution is 5.89. The highest BCUT2D eigenvalue weighted by Gasteiger charge is 2.52. The Hall–Kier alpha value is -1.88. The quantitative estimate of drug-likeness (QED) is 0.743. The minimum atomic E-state index is -0.272. The molecule has 5 unspecified atom stereocenters. The molecule has 1 N–H and O–H groups in total. The van der Waals surface area contributed by atoms with Crippen molar-refractivity contribution in [2.45, 2.75) is 64.4 Å². The largest absolute Gasteiger partial charge is 0.415 e. The Kier molecular flexibility index (Phi) is 4.69. The average Bonchev–Trinajstić information content (AvgIpc) is 3.02. The minimum Gasteiger partial charge on any atom is -0.410 e. The zero-order valence-electron chi connectivity index (χ0n) is 17.6. The molecule has 2 saturated carbocycles. The van der Waals surface area contributed by atoms with Gasteiger partial charge in [0.2, 0.25) is 0 Å². The zero-order valence-corrected chi connectivity index (χ0v) is 17.6. The van der Waals surface area contributed by atoms with Gasteiger partial charge in [-0.05, 0) is 86.5 Å². The van der Waals surface area contributed by atoms with Crippen molar-refractivity contribution in [1.82, 2.24) is 4.90 Å². The van der Waals surface area contributed by atoms with Gasteiger partial charge >= 0.3 is 6.09 Å². The van der Waals surface area contributed by atoms with Crippen LogP contribution >= 0.6 is 0 Å². The minimum absolute atomic E-state index is 0.0609. The van der Waals surface area contributed by atoms with Gasteiger partial charge in [-0.2, -0.15) is 0 Å². The number of morpholine rings is 1. The normalized spacial score (nSPS) is 36.2. The summed E-state index contributed by atoms with van der Waals surface area (Å²) in [6, 6.07) is 6.28. The molecule has 1 aliphatic heterocycles. The Bertz CT molecular complexity index is 837. The first-order chi connectivity index (χ1) is 14.0. The van der Waals surface area contributed by atoms with Crippen LogP contribution in [0.3, 0.4) is 0 Å². The number of nitrogens with zero attached hydrogens (tertiary/aromatic N) is 1. The molecule has 1 aromatic carbocycles. The molecule has 0 radical (unpaired) electrons. The fraction of sp³-hybridized carbons (Fsp3) is 0.667. The van der Waals surface area contributed by atoms with Crippen molar-refractivity contribution in [3.8, 4) is 5.75 Å². The predicted molar refractivity (Wildman–Crippen MR) is 112 cm³/mol. The van der Waals surface area contributed by atoms with Crippen LogP contribution in [0.1, 0.15) is 63.0 Å². The fourth-order valence-electron chi connectivity index (χ4n) is 6.58. The maximum absolute atomic E-state index is 12.5. The van der Waals surface area contributed by atoms with Gasteiger partial charge in [0.25, 0.3) is 0 Å². The standard InChI is InChI=1S/C24H32N2O3/c1-15-14-26(11-12-28-15)23(27)29-17-4-6-18-16(13-17)3-5-20-19(18)9-10-24(2)21(20)7-8-22(24)25/h4,6,13,15,19-21,25H,3,5,7-12,14H2,1-2H3. The van der Waals surface area contributed by atoms with Crippen LogP contribution in [0.4, 0.5) is 4.79 Å². The number of aryl methyl sites for hydroxylation is 1. The summed E-state index contributed by atoms with van der Waals surface area (Å²) in [7, 11) is 0. The van der Waals surface area contributed by atoms with Crippen molar-refractivity contribution in [3.05, 3.63) is 29.3 Å². The van der Waals surface area contributed by atoms with Crippen LogP contribution in [0.15, 0.2) is 18.2 Å². The van der Waals surface area contributed by atoms with Crippen molar-refractivity contribution in [1.29, 1.82) is 5.41 Å². The van der Waals surface area contributed by atoms with Crippen molar-refractivity contribution < 1.29 is 14.3 Å². The summed E-state index contributed by atoms with van der Waals surface area (Å²) in [5.74, 6) is 2.64. The van der Waals surface area contributed by atoms with E-state index in [0.717, 1.165) is 25.0 Å². The lowest BCUT2D eigenvalue weighted by Gasteiger charge is -2.49. The molecule has 3 fully saturated rings. The average molecular weight is 397 g/mol. The van der Waals surface area contributed by atoms with Crippen LogP contribution in [-0.2, 0) is 11.2 Å². The molecule has 1 saturated heterocycles. The molecule has 5 atom stereocenters. The van der Waals surface area contributed by atoms with E-state index in [1.807, 2.05) is 13.0 Å². The molecule has 5 heteroatoms. The molecule has 3 aliphatic carbocycles. The van der Waals surface area contributed by atoms with Crippen LogP contribution in [0.5, 0.6) is 5.75 Å². The molecule has 0 bridgehead atoms. The number of nitrogens with one attached hydrogen (secondary N) is 1. The topological polar surface area (TPSA) is 62.6 Å². The number of amides is 1. The van der Waals surface area contributed by atoms with Gasteiger partial charge in [0.15, 0.2) is 0 Å². The number of rotatable bonds is 1. The predicted octanol–water partition coefficient (Wildman–Crippen LogP) is 4.78. The van der Waals surface area contributed by atoms with E-state index in [1.165, 1.54) is 30.4 Å². The smallest absolute Gasteiger partial charge is 0.410 e. The molecule has 29 heavy (non-hydrogen) atoms. The van der Waals surface area contributed by atoms with Gasteiger partial charge in [0.1, 0.15) is 5.75 Å². The monoisotopic (exact) mass is 396 g/mol. The Labute approximate surface area is 173 Å². The molecule has 156 valence electrons. The van der Waals surface area contributed by atoms with Gasteiger partial charge in [-0.25, -0.2) is 4.79 Å². The van der Waals surface area contributed by atoms with E-state index in [0.29, 0.717) is 43.2 Å². The van der Waals surface area contributed by atoms with E-state index in [1.54, 1.807) is 4.90 Å². The molecule has 1 aromatic rings. The van der Waals surface area contributed by atoms with Crippen molar-refractivity contribution in [2.24, 2.45) is 17.3 Å². The molecule has 5 nitrogen and oxygen atoms in total. The number of carbonyl (C=O) groups is 1. The molecule has 5 rings (SSSR count). The maximum Gasteiger partial charge on any atom is 0.415 e. The maximum atomic E-state index is 12.5. The Morgan fingerprint density at radius 1 is 1.28 bits per heavy atom. The number of hydrogen-bond donors (Lipinski definition) is 1. The van der Waals surface area contributed by atoms with Gasteiger partial charge in [0.05, 0.1) is 19.3 Å². The van der Waals surface area contributed by atoms with E-state index in [-0.39, 0.29) is 17.6 Å². The first-order valence-electron chi connectivity index (χ1n) is 11.2. The van der Waals surface area contributed by atoms with E-state index in [4.69, 9.17) is 14.9 Å². The third kappa shape index (κ3) is 3.18. The number of benzene rings is 1. The number of hydrogen-bond acceptors (Lipinski definition) is 4. The van der Waals surface area contributed by atoms with Crippen LogP contribution in [0.2, 0.25) is 0 Å².